The molecule has 1 aliphatic rings. The fraction of sp³-hybridized carbons (Fsp3) is 0.500. The number of nitrogens with zero attached hydrogens (tertiary/aromatic N) is 1. The number of likely N-dealkylation sites (tertiary alicyclic amines) is 1. The van der Waals surface area contributed by atoms with Crippen molar-refractivity contribution in [2.75, 3.05) is 6.54 Å². The second-order valence-electron chi connectivity index (χ2n) is 6.85. The molecule has 0 bridgehead atoms. The Labute approximate surface area is 151 Å². The molecule has 2 atom stereocenters. The molecule has 1 aromatic carbocycles. The first-order chi connectivity index (χ1) is 10.7. The number of hydrogen-bond acceptors (Lipinski definition) is 2. The fourth-order valence-electron chi connectivity index (χ4n) is 2.63. The van der Waals surface area contributed by atoms with Gasteiger partial charge in [0.25, 0.3) is 0 Å². The van der Waals surface area contributed by atoms with E-state index in [0.29, 0.717) is 18.0 Å². The maximum atomic E-state index is 12.5. The minimum atomic E-state index is -0.505. The smallest absolute Gasteiger partial charge is 0.410 e. The predicted molar refractivity (Wildman–Crippen MR) is 98.4 cm³/mol. The number of benzene rings is 1. The summed E-state index contributed by atoms with van der Waals surface area (Å²) in [4.78, 5) is 14.6. The molecule has 0 aliphatic carbocycles. The number of carbonyl (C=O) groups is 1. The van der Waals surface area contributed by atoms with E-state index in [9.17, 15) is 4.79 Å². The Morgan fingerprint density at radius 3 is 2.57 bits per heavy atom. The second kappa shape index (κ2) is 7.27. The monoisotopic (exact) mass is 399 g/mol. The zero-order valence-electron chi connectivity index (χ0n) is 13.8. The first kappa shape index (κ1) is 18.3. The summed E-state index contributed by atoms with van der Waals surface area (Å²) in [5, 5.41) is 0.707. The zero-order valence-corrected chi connectivity index (χ0v) is 16.2. The van der Waals surface area contributed by atoms with Gasteiger partial charge in [0.2, 0.25) is 0 Å². The Morgan fingerprint density at radius 2 is 2.00 bits per heavy atom. The van der Waals surface area contributed by atoms with Gasteiger partial charge < -0.3 is 9.64 Å². The van der Waals surface area contributed by atoms with Gasteiger partial charge in [0.05, 0.1) is 6.04 Å². The third-order valence-corrected chi connectivity index (χ3v) is 5.10. The number of halogens is 2. The average molecular weight is 401 g/mol. The molecule has 0 saturated carbocycles. The third-order valence-electron chi connectivity index (χ3n) is 3.80. The van der Waals surface area contributed by atoms with E-state index in [-0.39, 0.29) is 17.0 Å². The van der Waals surface area contributed by atoms with Crippen LogP contribution in [0.25, 0.3) is 0 Å². The molecule has 2 rings (SSSR count). The Bertz CT molecular complexity index is 580. The van der Waals surface area contributed by atoms with E-state index in [1.54, 1.807) is 4.90 Å². The topological polar surface area (TPSA) is 29.5 Å². The van der Waals surface area contributed by atoms with Gasteiger partial charge in [-0.25, -0.2) is 4.79 Å². The van der Waals surface area contributed by atoms with Crippen LogP contribution in [0, 0.1) is 0 Å². The quantitative estimate of drug-likeness (QED) is 0.503. The third kappa shape index (κ3) is 4.98. The summed E-state index contributed by atoms with van der Waals surface area (Å²) in [7, 11) is 0. The summed E-state index contributed by atoms with van der Waals surface area (Å²) < 4.78 is 5.56. The fourth-order valence-corrected chi connectivity index (χ4v) is 3.26. The molecule has 1 fully saturated rings. The highest BCUT2D eigenvalue weighted by Crippen LogP contribution is 2.31. The number of hydrogen-bond donors (Lipinski definition) is 0. The highest BCUT2D eigenvalue weighted by molar-refractivity contribution is 9.09. The molecule has 1 amide bonds. The highest BCUT2D eigenvalue weighted by Gasteiger charge is 2.35. The molecular weight excluding hydrogens is 378 g/mol. The number of piperidine rings is 1. The normalized spacial score (nSPS) is 22.1. The van der Waals surface area contributed by atoms with Crippen LogP contribution in [0.15, 0.2) is 36.4 Å². The van der Waals surface area contributed by atoms with Gasteiger partial charge in [0.1, 0.15) is 5.60 Å². The van der Waals surface area contributed by atoms with E-state index >= 15 is 0 Å². The molecule has 0 N–H and O–H groups in total. The van der Waals surface area contributed by atoms with Crippen LogP contribution in [0.2, 0.25) is 5.02 Å². The summed E-state index contributed by atoms with van der Waals surface area (Å²) in [5.41, 5.74) is 1.63. The molecule has 5 heteroatoms. The number of ether oxygens (including phenoxy) is 1. The number of carbonyl (C=O) groups excluding carboxylic acids is 1. The van der Waals surface area contributed by atoms with Crippen molar-refractivity contribution >= 4 is 33.6 Å². The maximum absolute atomic E-state index is 12.5. The molecule has 1 heterocycles. The van der Waals surface area contributed by atoms with Gasteiger partial charge in [0, 0.05) is 16.4 Å². The van der Waals surface area contributed by atoms with Crippen molar-refractivity contribution in [1.29, 1.82) is 0 Å². The van der Waals surface area contributed by atoms with Crippen LogP contribution in [-0.2, 0) is 11.2 Å². The van der Waals surface area contributed by atoms with Gasteiger partial charge in [-0.05, 0) is 56.9 Å². The summed E-state index contributed by atoms with van der Waals surface area (Å²) in [6.07, 6.45) is 1.27. The molecule has 0 spiro atoms. The molecular formula is C18H23BrClNO2. The minimum Gasteiger partial charge on any atom is -0.444 e. The van der Waals surface area contributed by atoms with Crippen molar-refractivity contribution in [3.05, 3.63) is 47.0 Å². The molecule has 0 radical (unpaired) electrons. The van der Waals surface area contributed by atoms with Crippen LogP contribution in [0.3, 0.4) is 0 Å². The summed E-state index contributed by atoms with van der Waals surface area (Å²) >= 11 is 9.61. The minimum absolute atomic E-state index is 0.0795. The van der Waals surface area contributed by atoms with Crippen LogP contribution < -0.4 is 0 Å². The van der Waals surface area contributed by atoms with Crippen LogP contribution in [0.4, 0.5) is 4.79 Å². The summed E-state index contributed by atoms with van der Waals surface area (Å²) in [6, 6.07) is 7.63. The van der Waals surface area contributed by atoms with Crippen LogP contribution in [-0.4, -0.2) is 34.0 Å². The lowest BCUT2D eigenvalue weighted by Gasteiger charge is -2.40. The van der Waals surface area contributed by atoms with Gasteiger partial charge in [-0.1, -0.05) is 46.2 Å². The van der Waals surface area contributed by atoms with E-state index < -0.39 is 5.60 Å². The molecule has 1 aliphatic heterocycles. The van der Waals surface area contributed by atoms with Crippen molar-refractivity contribution in [2.45, 2.75) is 50.1 Å². The molecule has 0 aromatic heterocycles. The Kier molecular flexibility index (Phi) is 5.79. The number of rotatable bonds is 2. The average Bonchev–Trinajstić information content (AvgIpc) is 2.44. The van der Waals surface area contributed by atoms with E-state index in [1.807, 2.05) is 45.0 Å². The van der Waals surface area contributed by atoms with Crippen molar-refractivity contribution in [1.82, 2.24) is 4.90 Å². The van der Waals surface area contributed by atoms with Crippen molar-refractivity contribution in [3.63, 3.8) is 0 Å². The SMILES string of the molecule is C=C1C(Br)CCN(C(=O)OC(C)(C)C)C1Cc1ccc(Cl)cc1. The molecule has 23 heavy (non-hydrogen) atoms. The van der Waals surface area contributed by atoms with Crippen LogP contribution in [0.5, 0.6) is 0 Å². The van der Waals surface area contributed by atoms with E-state index in [4.69, 9.17) is 16.3 Å². The molecule has 3 nitrogen and oxygen atoms in total. The van der Waals surface area contributed by atoms with E-state index in [1.165, 1.54) is 0 Å². The van der Waals surface area contributed by atoms with Crippen molar-refractivity contribution < 1.29 is 9.53 Å². The first-order valence-electron chi connectivity index (χ1n) is 7.74. The largest absolute Gasteiger partial charge is 0.444 e. The molecule has 2 unspecified atom stereocenters. The van der Waals surface area contributed by atoms with E-state index in [0.717, 1.165) is 17.6 Å². The highest BCUT2D eigenvalue weighted by atomic mass is 79.9. The lowest BCUT2D eigenvalue weighted by atomic mass is 9.92. The first-order valence-corrected chi connectivity index (χ1v) is 9.03. The standard InChI is InChI=1S/C18H23BrClNO2/c1-12-15(19)9-10-21(17(22)23-18(2,3)4)16(12)11-13-5-7-14(20)8-6-13/h5-8,15-16H,1,9-11H2,2-4H3. The maximum Gasteiger partial charge on any atom is 0.410 e. The lowest BCUT2D eigenvalue weighted by molar-refractivity contribution is 0.0163. The molecule has 1 aromatic rings. The Hall–Kier alpha value is -1.00. The number of alkyl halides is 1. The van der Waals surface area contributed by atoms with Gasteiger partial charge in [0.15, 0.2) is 0 Å². The second-order valence-corrected chi connectivity index (χ2v) is 8.39. The van der Waals surface area contributed by atoms with Crippen LogP contribution in [0.1, 0.15) is 32.8 Å². The number of amides is 1. The summed E-state index contributed by atoms with van der Waals surface area (Å²) in [6.45, 7) is 10.5. The van der Waals surface area contributed by atoms with Crippen molar-refractivity contribution in [3.8, 4) is 0 Å². The lowest BCUT2D eigenvalue weighted by Crippen LogP contribution is -2.50. The zero-order chi connectivity index (χ0) is 17.2. The van der Waals surface area contributed by atoms with Gasteiger partial charge in [-0.2, -0.15) is 0 Å². The summed E-state index contributed by atoms with van der Waals surface area (Å²) in [5.74, 6) is 0. The van der Waals surface area contributed by atoms with Crippen molar-refractivity contribution in [2.24, 2.45) is 0 Å². The Balaban J connectivity index is 2.19. The van der Waals surface area contributed by atoms with Gasteiger partial charge in [-0.3, -0.25) is 0 Å². The molecule has 1 saturated heterocycles. The van der Waals surface area contributed by atoms with E-state index in [2.05, 4.69) is 22.5 Å². The van der Waals surface area contributed by atoms with Crippen LogP contribution >= 0.6 is 27.5 Å². The van der Waals surface area contributed by atoms with Gasteiger partial charge >= 0.3 is 6.09 Å². The van der Waals surface area contributed by atoms with Gasteiger partial charge in [-0.15, -0.1) is 0 Å². The molecule has 126 valence electrons. The predicted octanol–water partition coefficient (Wildman–Crippen LogP) is 5.21. The Morgan fingerprint density at radius 1 is 1.39 bits per heavy atom.